The molecule has 0 aromatic carbocycles. The quantitative estimate of drug-likeness (QED) is 0.464. The van der Waals surface area contributed by atoms with Crippen LogP contribution in [-0.4, -0.2) is 15.8 Å². The van der Waals surface area contributed by atoms with Crippen LogP contribution in [0.3, 0.4) is 0 Å². The minimum absolute atomic E-state index is 0.120. The summed E-state index contributed by atoms with van der Waals surface area (Å²) in [6.45, 7) is 1.47. The van der Waals surface area contributed by atoms with Gasteiger partial charge in [-0.25, -0.2) is 9.63 Å². The molecule has 1 unspecified atom stereocenters. The second-order valence-corrected chi connectivity index (χ2v) is 2.88. The van der Waals surface area contributed by atoms with Crippen LogP contribution in [0.15, 0.2) is 15.4 Å². The van der Waals surface area contributed by atoms with E-state index in [1.54, 1.807) is 0 Å². The van der Waals surface area contributed by atoms with Gasteiger partial charge < -0.3 is 9.52 Å². The number of halogens is 1. The smallest absolute Gasteiger partial charge is 0.413 e. The van der Waals surface area contributed by atoms with Crippen molar-refractivity contribution in [3.8, 4) is 0 Å². The van der Waals surface area contributed by atoms with Gasteiger partial charge in [0.2, 0.25) is 0 Å². The number of hydrogen-bond donors (Lipinski definition) is 3. The van der Waals surface area contributed by atoms with Crippen molar-refractivity contribution in [1.29, 1.82) is 0 Å². The van der Waals surface area contributed by atoms with Gasteiger partial charge in [-0.3, -0.25) is 4.98 Å². The van der Waals surface area contributed by atoms with Gasteiger partial charge in [0.25, 0.3) is 0 Å². The van der Waals surface area contributed by atoms with E-state index in [0.29, 0.717) is 5.76 Å². The van der Waals surface area contributed by atoms with Crippen molar-refractivity contribution < 1.29 is 9.52 Å². The maximum Gasteiger partial charge on any atom is 0.416 e. The van der Waals surface area contributed by atoms with Gasteiger partial charge in [0.15, 0.2) is 0 Å². The summed E-state index contributed by atoms with van der Waals surface area (Å²) in [5.41, 5.74) is -1.28. The van der Waals surface area contributed by atoms with E-state index in [0.717, 1.165) is 0 Å². The van der Waals surface area contributed by atoms with Crippen LogP contribution >= 0.6 is 11.8 Å². The lowest BCUT2D eigenvalue weighted by molar-refractivity contribution is 0.0441. The first kappa shape index (κ1) is 9.31. The molecule has 0 aliphatic heterocycles. The lowest BCUT2D eigenvalue weighted by atomic mass is 10.2. The van der Waals surface area contributed by atoms with E-state index in [4.69, 9.17) is 11.8 Å². The molecule has 5 nitrogen and oxygen atoms in total. The van der Waals surface area contributed by atoms with Crippen LogP contribution in [-0.2, 0) is 6.42 Å². The molecule has 0 radical (unpaired) electrons. The Kier molecular flexibility index (Phi) is 2.56. The number of aromatic nitrogens is 1. The average molecular weight is 193 g/mol. The second-order valence-electron chi connectivity index (χ2n) is 2.69. The summed E-state index contributed by atoms with van der Waals surface area (Å²) < 4.78 is 4.65. The van der Waals surface area contributed by atoms with Gasteiger partial charge in [0.05, 0.1) is 6.42 Å². The molecule has 0 aliphatic rings. The first-order valence-electron chi connectivity index (χ1n) is 3.31. The predicted octanol–water partition coefficient (Wildman–Crippen LogP) is -0.0377. The zero-order valence-corrected chi connectivity index (χ0v) is 7.18. The third kappa shape index (κ3) is 2.37. The van der Waals surface area contributed by atoms with Crippen LogP contribution in [0.5, 0.6) is 0 Å². The molecular formula is C6H9ClN2O3. The largest absolute Gasteiger partial charge is 0.416 e. The predicted molar refractivity (Wildman–Crippen MR) is 42.6 cm³/mol. The number of aliphatic hydroxyl groups is 1. The third-order valence-electron chi connectivity index (χ3n) is 1.30. The highest BCUT2D eigenvalue weighted by molar-refractivity contribution is 6.13. The zero-order chi connectivity index (χ0) is 9.19. The highest BCUT2D eigenvalue weighted by Crippen LogP contribution is 2.08. The lowest BCUT2D eigenvalue weighted by Gasteiger charge is -2.18. The molecule has 1 aromatic heterocycles. The van der Waals surface area contributed by atoms with Crippen LogP contribution in [0, 0.1) is 0 Å². The molecule has 1 aromatic rings. The molecule has 1 heterocycles. The number of aromatic amines is 1. The normalized spacial score (nSPS) is 15.9. The van der Waals surface area contributed by atoms with Gasteiger partial charge in [-0.1, -0.05) is 0 Å². The van der Waals surface area contributed by atoms with Crippen LogP contribution in [0.2, 0.25) is 0 Å². The molecule has 0 bridgehead atoms. The molecule has 68 valence electrons. The topological polar surface area (TPSA) is 78.3 Å². The monoisotopic (exact) mass is 192 g/mol. The zero-order valence-electron chi connectivity index (χ0n) is 6.43. The number of hydrogen-bond acceptors (Lipinski definition) is 4. The molecule has 1 atom stereocenters. The van der Waals surface area contributed by atoms with E-state index in [9.17, 15) is 9.90 Å². The summed E-state index contributed by atoms with van der Waals surface area (Å²) in [4.78, 5) is 15.0. The summed E-state index contributed by atoms with van der Waals surface area (Å²) >= 11 is 5.22. The molecule has 0 amide bonds. The number of oxazole rings is 1. The van der Waals surface area contributed by atoms with E-state index in [2.05, 4.69) is 14.2 Å². The number of H-pyrrole nitrogens is 1. The van der Waals surface area contributed by atoms with E-state index in [1.807, 2.05) is 0 Å². The van der Waals surface area contributed by atoms with E-state index >= 15 is 0 Å². The third-order valence-corrected chi connectivity index (χ3v) is 1.70. The summed E-state index contributed by atoms with van der Waals surface area (Å²) in [6.07, 6.45) is 1.50. The molecule has 0 fully saturated rings. The van der Waals surface area contributed by atoms with Gasteiger partial charge in [0.1, 0.15) is 11.5 Å². The van der Waals surface area contributed by atoms with Crippen LogP contribution in [0.1, 0.15) is 12.7 Å². The lowest BCUT2D eigenvalue weighted by Crippen LogP contribution is -2.38. The summed E-state index contributed by atoms with van der Waals surface area (Å²) in [6, 6.07) is 0. The van der Waals surface area contributed by atoms with Crippen molar-refractivity contribution in [2.45, 2.75) is 19.1 Å². The highest BCUT2D eigenvalue weighted by atomic mass is 35.5. The Bertz CT molecular complexity index is 304. The molecule has 12 heavy (non-hydrogen) atoms. The molecule has 1 rings (SSSR count). The molecular weight excluding hydrogens is 184 g/mol. The fourth-order valence-corrected chi connectivity index (χ4v) is 0.844. The maximum atomic E-state index is 10.5. The van der Waals surface area contributed by atoms with Gasteiger partial charge in [-0.05, 0) is 18.7 Å². The van der Waals surface area contributed by atoms with Gasteiger partial charge >= 0.3 is 5.76 Å². The molecule has 0 saturated carbocycles. The van der Waals surface area contributed by atoms with Crippen LogP contribution < -0.4 is 10.6 Å². The molecule has 0 aliphatic carbocycles. The molecule has 0 spiro atoms. The number of nitrogens with one attached hydrogen (secondary N) is 2. The summed E-state index contributed by atoms with van der Waals surface area (Å²) in [5, 5.41) is 9.37. The van der Waals surface area contributed by atoms with Crippen molar-refractivity contribution >= 4 is 11.8 Å². The van der Waals surface area contributed by atoms with E-state index in [1.165, 1.54) is 13.1 Å². The SMILES string of the molecule is CC(O)(Cc1c[nH]c(=O)o1)NCl. The fourth-order valence-electron chi connectivity index (χ4n) is 0.777. The first-order chi connectivity index (χ1) is 5.53. The minimum atomic E-state index is -1.28. The average Bonchev–Trinajstić information content (AvgIpc) is 2.35. The Morgan fingerprint density at radius 1 is 1.92 bits per heavy atom. The van der Waals surface area contributed by atoms with Crippen molar-refractivity contribution in [3.05, 3.63) is 22.5 Å². The Balaban J connectivity index is 2.70. The van der Waals surface area contributed by atoms with Gasteiger partial charge in [0, 0.05) is 6.20 Å². The Labute approximate surface area is 73.5 Å². The van der Waals surface area contributed by atoms with Crippen molar-refractivity contribution in [3.63, 3.8) is 0 Å². The first-order valence-corrected chi connectivity index (χ1v) is 3.69. The maximum absolute atomic E-state index is 10.5. The molecule has 3 N–H and O–H groups in total. The Morgan fingerprint density at radius 3 is 3.00 bits per heavy atom. The van der Waals surface area contributed by atoms with Crippen molar-refractivity contribution in [1.82, 2.24) is 9.82 Å². The Morgan fingerprint density at radius 2 is 2.58 bits per heavy atom. The van der Waals surface area contributed by atoms with Gasteiger partial charge in [-0.2, -0.15) is 0 Å². The van der Waals surface area contributed by atoms with Crippen molar-refractivity contribution in [2.75, 3.05) is 0 Å². The Hall–Kier alpha value is -0.780. The van der Waals surface area contributed by atoms with E-state index in [-0.39, 0.29) is 6.42 Å². The number of rotatable bonds is 3. The van der Waals surface area contributed by atoms with Crippen molar-refractivity contribution in [2.24, 2.45) is 0 Å². The van der Waals surface area contributed by atoms with Crippen LogP contribution in [0.4, 0.5) is 0 Å². The molecule has 0 saturated heterocycles. The molecule has 6 heteroatoms. The van der Waals surface area contributed by atoms with Gasteiger partial charge in [-0.15, -0.1) is 0 Å². The summed E-state index contributed by atoms with van der Waals surface area (Å²) in [7, 11) is 0. The summed E-state index contributed by atoms with van der Waals surface area (Å²) in [5.74, 6) is -0.200. The highest BCUT2D eigenvalue weighted by Gasteiger charge is 2.21. The van der Waals surface area contributed by atoms with Crippen LogP contribution in [0.25, 0.3) is 0 Å². The minimum Gasteiger partial charge on any atom is -0.413 e. The fraction of sp³-hybridized carbons (Fsp3) is 0.500. The second kappa shape index (κ2) is 3.30. The van der Waals surface area contributed by atoms with E-state index < -0.39 is 11.5 Å². The standard InChI is InChI=1S/C6H9ClN2O3/c1-6(11,9-7)2-4-3-8-5(10)12-4/h3,9,11H,2H2,1H3,(H,8,10).